The highest BCUT2D eigenvalue weighted by molar-refractivity contribution is 9.10. The molecule has 20 heavy (non-hydrogen) atoms. The van der Waals surface area contributed by atoms with E-state index in [1.54, 1.807) is 31.2 Å². The minimum absolute atomic E-state index is 0. The molecule has 2 atom stereocenters. The quantitative estimate of drug-likeness (QED) is 0.780. The summed E-state index contributed by atoms with van der Waals surface area (Å²) in [6.45, 7) is 1.92. The standard InChI is InChI=1S/C13H17BrN2O3.ClH/c1-8(7-15)12(17)16-11(13(18)19-2)9-3-5-10(14)6-4-9;/h3-6,8,11H,7,15H2,1-2H3,(H,16,17);1H. The number of hydrogen-bond donors (Lipinski definition) is 2. The molecule has 7 heteroatoms. The zero-order chi connectivity index (χ0) is 14.4. The Hall–Kier alpha value is -1.11. The van der Waals surface area contributed by atoms with E-state index in [0.29, 0.717) is 5.56 Å². The van der Waals surface area contributed by atoms with Crippen LogP contribution in [0, 0.1) is 5.92 Å². The fraction of sp³-hybridized carbons (Fsp3) is 0.385. The van der Waals surface area contributed by atoms with Gasteiger partial charge in [-0.05, 0) is 17.7 Å². The van der Waals surface area contributed by atoms with Gasteiger partial charge in [-0.15, -0.1) is 12.4 Å². The lowest BCUT2D eigenvalue weighted by atomic mass is 10.1. The lowest BCUT2D eigenvalue weighted by molar-refractivity contribution is -0.145. The molecule has 1 amide bonds. The zero-order valence-electron chi connectivity index (χ0n) is 11.3. The number of nitrogens with two attached hydrogens (primary N) is 1. The molecule has 0 aromatic heterocycles. The van der Waals surface area contributed by atoms with Gasteiger partial charge in [0, 0.05) is 16.9 Å². The first kappa shape index (κ1) is 18.9. The summed E-state index contributed by atoms with van der Waals surface area (Å²) in [6, 6.07) is 6.27. The van der Waals surface area contributed by atoms with Crippen molar-refractivity contribution in [2.75, 3.05) is 13.7 Å². The molecule has 1 aromatic rings. The van der Waals surface area contributed by atoms with Crippen LogP contribution in [0.3, 0.4) is 0 Å². The zero-order valence-corrected chi connectivity index (χ0v) is 13.7. The first-order valence-corrected chi connectivity index (χ1v) is 6.62. The van der Waals surface area contributed by atoms with Gasteiger partial charge in [-0.2, -0.15) is 0 Å². The largest absolute Gasteiger partial charge is 0.467 e. The van der Waals surface area contributed by atoms with Crippen LogP contribution in [0.2, 0.25) is 0 Å². The van der Waals surface area contributed by atoms with Crippen molar-refractivity contribution in [3.05, 3.63) is 34.3 Å². The Kier molecular flexibility index (Phi) is 8.45. The number of esters is 1. The van der Waals surface area contributed by atoms with Crippen molar-refractivity contribution in [3.63, 3.8) is 0 Å². The summed E-state index contributed by atoms with van der Waals surface area (Å²) in [5.41, 5.74) is 6.09. The number of hydrogen-bond acceptors (Lipinski definition) is 4. The molecule has 5 nitrogen and oxygen atoms in total. The lowest BCUT2D eigenvalue weighted by Crippen LogP contribution is -2.39. The first-order valence-electron chi connectivity index (χ1n) is 5.83. The number of nitrogens with one attached hydrogen (secondary N) is 1. The van der Waals surface area contributed by atoms with Crippen molar-refractivity contribution in [1.29, 1.82) is 0 Å². The van der Waals surface area contributed by atoms with Crippen LogP contribution in [-0.2, 0) is 14.3 Å². The van der Waals surface area contributed by atoms with Gasteiger partial charge >= 0.3 is 5.97 Å². The molecule has 0 aliphatic rings. The van der Waals surface area contributed by atoms with E-state index < -0.39 is 12.0 Å². The molecule has 0 bridgehead atoms. The minimum Gasteiger partial charge on any atom is -0.467 e. The topological polar surface area (TPSA) is 81.4 Å². The molecule has 0 saturated heterocycles. The molecule has 0 heterocycles. The van der Waals surface area contributed by atoms with Crippen LogP contribution >= 0.6 is 28.3 Å². The Balaban J connectivity index is 0.00000361. The maximum atomic E-state index is 11.8. The minimum atomic E-state index is -0.820. The van der Waals surface area contributed by atoms with E-state index in [2.05, 4.69) is 21.2 Å². The molecule has 0 aliphatic carbocycles. The average Bonchev–Trinajstić information content (AvgIpc) is 2.43. The molecule has 3 N–H and O–H groups in total. The van der Waals surface area contributed by atoms with Gasteiger partial charge in [-0.3, -0.25) is 4.79 Å². The van der Waals surface area contributed by atoms with Crippen LogP contribution in [0.1, 0.15) is 18.5 Å². The Morgan fingerprint density at radius 1 is 1.35 bits per heavy atom. The SMILES string of the molecule is COC(=O)C(NC(=O)C(C)CN)c1ccc(Br)cc1.Cl. The van der Waals surface area contributed by atoms with E-state index in [4.69, 9.17) is 10.5 Å². The summed E-state index contributed by atoms with van der Waals surface area (Å²) in [5, 5.41) is 2.65. The molecule has 0 spiro atoms. The highest BCUT2D eigenvalue weighted by Gasteiger charge is 2.25. The van der Waals surface area contributed by atoms with E-state index in [1.807, 2.05) is 0 Å². The Morgan fingerprint density at radius 3 is 2.35 bits per heavy atom. The average molecular weight is 366 g/mol. The predicted molar refractivity (Wildman–Crippen MR) is 82.5 cm³/mol. The summed E-state index contributed by atoms with van der Waals surface area (Å²) in [5.74, 6) is -1.15. The van der Waals surface area contributed by atoms with E-state index in [9.17, 15) is 9.59 Å². The molecular formula is C13H18BrClN2O3. The Morgan fingerprint density at radius 2 is 1.90 bits per heavy atom. The van der Waals surface area contributed by atoms with Crippen molar-refractivity contribution in [3.8, 4) is 0 Å². The van der Waals surface area contributed by atoms with Crippen LogP contribution in [0.15, 0.2) is 28.7 Å². The molecule has 1 rings (SSSR count). The number of methoxy groups -OCH3 is 1. The van der Waals surface area contributed by atoms with Gasteiger partial charge in [0.1, 0.15) is 0 Å². The fourth-order valence-corrected chi connectivity index (χ4v) is 1.71. The third kappa shape index (κ3) is 5.11. The highest BCUT2D eigenvalue weighted by Crippen LogP contribution is 2.18. The number of carbonyl (C=O) groups is 2. The molecule has 2 unspecified atom stereocenters. The monoisotopic (exact) mass is 364 g/mol. The molecule has 0 saturated carbocycles. The van der Waals surface area contributed by atoms with Gasteiger partial charge < -0.3 is 15.8 Å². The maximum Gasteiger partial charge on any atom is 0.333 e. The van der Waals surface area contributed by atoms with Gasteiger partial charge in [0.25, 0.3) is 0 Å². The summed E-state index contributed by atoms with van der Waals surface area (Å²) < 4.78 is 5.60. The summed E-state index contributed by atoms with van der Waals surface area (Å²) >= 11 is 3.31. The summed E-state index contributed by atoms with van der Waals surface area (Å²) in [6.07, 6.45) is 0. The highest BCUT2D eigenvalue weighted by atomic mass is 79.9. The number of halogens is 2. The Labute approximate surface area is 132 Å². The second kappa shape index (κ2) is 8.94. The number of ether oxygens (including phenoxy) is 1. The summed E-state index contributed by atoms with van der Waals surface area (Å²) in [7, 11) is 1.28. The molecule has 0 aliphatic heterocycles. The van der Waals surface area contributed by atoms with Crippen molar-refractivity contribution in [1.82, 2.24) is 5.32 Å². The molecule has 1 aromatic carbocycles. The second-order valence-electron chi connectivity index (χ2n) is 4.15. The second-order valence-corrected chi connectivity index (χ2v) is 5.07. The van der Waals surface area contributed by atoms with Crippen LogP contribution in [0.4, 0.5) is 0 Å². The van der Waals surface area contributed by atoms with Crippen LogP contribution in [0.25, 0.3) is 0 Å². The molecule has 0 radical (unpaired) electrons. The van der Waals surface area contributed by atoms with E-state index in [0.717, 1.165) is 4.47 Å². The molecular weight excluding hydrogens is 348 g/mol. The lowest BCUT2D eigenvalue weighted by Gasteiger charge is -2.19. The van der Waals surface area contributed by atoms with E-state index >= 15 is 0 Å². The third-order valence-corrected chi connectivity index (χ3v) is 3.26. The van der Waals surface area contributed by atoms with Gasteiger partial charge in [0.15, 0.2) is 6.04 Å². The van der Waals surface area contributed by atoms with Gasteiger partial charge in [-0.1, -0.05) is 35.0 Å². The first-order chi connectivity index (χ1) is 8.99. The van der Waals surface area contributed by atoms with Crippen molar-refractivity contribution < 1.29 is 14.3 Å². The number of rotatable bonds is 5. The Bertz CT molecular complexity index is 453. The fourth-order valence-electron chi connectivity index (χ4n) is 1.44. The molecule has 0 fully saturated rings. The van der Waals surface area contributed by atoms with Crippen LogP contribution in [-0.4, -0.2) is 25.5 Å². The van der Waals surface area contributed by atoms with Gasteiger partial charge in [0.2, 0.25) is 5.91 Å². The third-order valence-electron chi connectivity index (χ3n) is 2.73. The number of amides is 1. The van der Waals surface area contributed by atoms with Crippen LogP contribution in [0.5, 0.6) is 0 Å². The maximum absolute atomic E-state index is 11.8. The normalized spacial score (nSPS) is 12.8. The van der Waals surface area contributed by atoms with Crippen molar-refractivity contribution >= 4 is 40.2 Å². The van der Waals surface area contributed by atoms with Crippen LogP contribution < -0.4 is 11.1 Å². The van der Waals surface area contributed by atoms with Crippen molar-refractivity contribution in [2.24, 2.45) is 11.7 Å². The number of carbonyl (C=O) groups excluding carboxylic acids is 2. The predicted octanol–water partition coefficient (Wildman–Crippen LogP) is 1.80. The summed E-state index contributed by atoms with van der Waals surface area (Å²) in [4.78, 5) is 23.6. The van der Waals surface area contributed by atoms with E-state index in [-0.39, 0.29) is 30.8 Å². The van der Waals surface area contributed by atoms with Crippen molar-refractivity contribution in [2.45, 2.75) is 13.0 Å². The van der Waals surface area contributed by atoms with Gasteiger partial charge in [-0.25, -0.2) is 4.79 Å². The van der Waals surface area contributed by atoms with Gasteiger partial charge in [0.05, 0.1) is 7.11 Å². The smallest absolute Gasteiger partial charge is 0.333 e. The number of benzene rings is 1. The van der Waals surface area contributed by atoms with E-state index in [1.165, 1.54) is 7.11 Å². The molecule has 112 valence electrons.